The summed E-state index contributed by atoms with van der Waals surface area (Å²) in [6.45, 7) is 7.78. The number of anilines is 1. The summed E-state index contributed by atoms with van der Waals surface area (Å²) >= 11 is 0. The molecule has 0 spiro atoms. The number of nitriles is 1. The Hall–Kier alpha value is -2.99. The van der Waals surface area contributed by atoms with Gasteiger partial charge in [-0.1, -0.05) is 12.1 Å². The van der Waals surface area contributed by atoms with Crippen molar-refractivity contribution in [1.29, 1.82) is 5.26 Å². The predicted molar refractivity (Wildman–Crippen MR) is 133 cm³/mol. The minimum Gasteiger partial charge on any atom is -0.351 e. The zero-order chi connectivity index (χ0) is 24.5. The summed E-state index contributed by atoms with van der Waals surface area (Å²) in [5, 5.41) is 21.0. The lowest BCUT2D eigenvalue weighted by Gasteiger charge is -2.41. The second-order valence-electron chi connectivity index (χ2n) is 9.38. The molecule has 0 radical (unpaired) electrons. The first-order valence-corrected chi connectivity index (χ1v) is 11.7. The molecule has 7 nitrogen and oxygen atoms in total. The molecule has 1 aromatic heterocycles. The largest absolute Gasteiger partial charge is 0.351 e. The average molecular weight is 505 g/mol. The molecule has 1 saturated heterocycles. The first-order valence-electron chi connectivity index (χ1n) is 11.7. The van der Waals surface area contributed by atoms with Crippen molar-refractivity contribution >= 4 is 24.3 Å². The van der Waals surface area contributed by atoms with Crippen LogP contribution < -0.4 is 10.2 Å². The summed E-state index contributed by atoms with van der Waals surface area (Å²) in [7, 11) is 0. The van der Waals surface area contributed by atoms with E-state index in [9.17, 15) is 13.6 Å². The Bertz CT molecular complexity index is 1090. The number of alkyl halides is 2. The number of piperazine rings is 1. The van der Waals surface area contributed by atoms with E-state index in [2.05, 4.69) is 26.5 Å². The molecular weight excluding hydrogens is 474 g/mol. The Morgan fingerprint density at radius 3 is 2.37 bits per heavy atom. The van der Waals surface area contributed by atoms with E-state index in [-0.39, 0.29) is 43.4 Å². The number of hydrogen-bond acceptors (Lipinski definition) is 5. The summed E-state index contributed by atoms with van der Waals surface area (Å²) in [6.07, 6.45) is 0.285. The molecule has 4 rings (SSSR count). The van der Waals surface area contributed by atoms with Crippen LogP contribution in [-0.2, 0) is 0 Å². The molecule has 10 heteroatoms. The first kappa shape index (κ1) is 26.6. The Morgan fingerprint density at radius 2 is 1.77 bits per heavy atom. The average Bonchev–Trinajstić information content (AvgIpc) is 2.82. The number of urea groups is 1. The maximum atomic E-state index is 13.4. The van der Waals surface area contributed by atoms with E-state index in [1.165, 1.54) is 0 Å². The van der Waals surface area contributed by atoms with E-state index >= 15 is 0 Å². The number of carbonyl (C=O) groups is 1. The van der Waals surface area contributed by atoms with Crippen LogP contribution in [0.4, 0.5) is 19.4 Å². The van der Waals surface area contributed by atoms with Crippen molar-refractivity contribution in [2.45, 2.75) is 64.5 Å². The summed E-state index contributed by atoms with van der Waals surface area (Å²) < 4.78 is 26.8. The van der Waals surface area contributed by atoms with Crippen molar-refractivity contribution in [2.24, 2.45) is 0 Å². The van der Waals surface area contributed by atoms with E-state index in [1.807, 2.05) is 32.9 Å². The molecule has 2 fully saturated rings. The minimum atomic E-state index is -2.60. The Balaban J connectivity index is 0.00000342. The highest BCUT2D eigenvalue weighted by molar-refractivity contribution is 5.85. The lowest BCUT2D eigenvalue weighted by atomic mass is 9.92. The van der Waals surface area contributed by atoms with Crippen LogP contribution in [-0.4, -0.2) is 58.8 Å². The molecule has 2 aromatic rings. The Labute approximate surface area is 210 Å². The van der Waals surface area contributed by atoms with Gasteiger partial charge in [-0.25, -0.2) is 13.6 Å². The fourth-order valence-electron chi connectivity index (χ4n) is 4.76. The van der Waals surface area contributed by atoms with Crippen LogP contribution in [0.15, 0.2) is 24.3 Å². The molecule has 2 heterocycles. The highest BCUT2D eigenvalue weighted by atomic mass is 35.5. The smallest absolute Gasteiger partial charge is 0.317 e. The zero-order valence-electron chi connectivity index (χ0n) is 20.2. The van der Waals surface area contributed by atoms with Gasteiger partial charge in [0.15, 0.2) is 5.82 Å². The van der Waals surface area contributed by atoms with Gasteiger partial charge in [0.1, 0.15) is 0 Å². The van der Waals surface area contributed by atoms with Crippen LogP contribution in [0.25, 0.3) is 11.3 Å². The summed E-state index contributed by atoms with van der Waals surface area (Å²) in [6, 6.07) is 8.98. The summed E-state index contributed by atoms with van der Waals surface area (Å²) in [5.74, 6) is -1.80. The lowest BCUT2D eigenvalue weighted by molar-refractivity contribution is -0.0399. The molecule has 1 aliphatic carbocycles. The van der Waals surface area contributed by atoms with Gasteiger partial charge in [0.05, 0.1) is 17.3 Å². The fourth-order valence-corrected chi connectivity index (χ4v) is 4.76. The number of benzene rings is 1. The van der Waals surface area contributed by atoms with Crippen LogP contribution >= 0.6 is 12.4 Å². The molecule has 2 aliphatic rings. The van der Waals surface area contributed by atoms with Crippen molar-refractivity contribution in [3.63, 3.8) is 0 Å². The maximum absolute atomic E-state index is 13.4. The van der Waals surface area contributed by atoms with Crippen molar-refractivity contribution < 1.29 is 13.6 Å². The molecule has 2 amide bonds. The molecule has 35 heavy (non-hydrogen) atoms. The molecule has 0 unspecified atom stereocenters. The SMILES string of the molecule is Cc1c(-c2ccc(C#N)cc2)nnc(N2CCN(C(=O)NC3CCC(F)(F)CC3)[C@@H](C)C2)c1C.Cl. The molecule has 188 valence electrons. The second kappa shape index (κ2) is 10.7. The molecule has 1 aliphatic heterocycles. The van der Waals surface area contributed by atoms with Crippen molar-refractivity contribution in [2.75, 3.05) is 24.5 Å². The van der Waals surface area contributed by atoms with Gasteiger partial charge < -0.3 is 15.1 Å². The number of nitrogens with zero attached hydrogens (tertiary/aromatic N) is 5. The number of halogens is 3. The number of aromatic nitrogens is 2. The molecule has 1 atom stereocenters. The van der Waals surface area contributed by atoms with Gasteiger partial charge >= 0.3 is 6.03 Å². The van der Waals surface area contributed by atoms with Gasteiger partial charge in [0, 0.05) is 50.1 Å². The van der Waals surface area contributed by atoms with Gasteiger partial charge in [-0.05, 0) is 56.9 Å². The zero-order valence-corrected chi connectivity index (χ0v) is 21.0. The molecular formula is C25H31ClF2N6O. The second-order valence-corrected chi connectivity index (χ2v) is 9.38. The van der Waals surface area contributed by atoms with Gasteiger partial charge in [-0.15, -0.1) is 22.6 Å². The molecule has 1 aromatic carbocycles. The highest BCUT2D eigenvalue weighted by Crippen LogP contribution is 2.33. The fraction of sp³-hybridized carbons (Fsp3) is 0.520. The van der Waals surface area contributed by atoms with Crippen LogP contribution in [0.1, 0.15) is 49.3 Å². The quantitative estimate of drug-likeness (QED) is 0.645. The Morgan fingerprint density at radius 1 is 1.11 bits per heavy atom. The number of hydrogen-bond donors (Lipinski definition) is 1. The van der Waals surface area contributed by atoms with Crippen molar-refractivity contribution in [1.82, 2.24) is 20.4 Å². The standard InChI is InChI=1S/C25H30F2N6O.ClH/c1-16-15-32(12-13-33(16)24(34)29-21-8-10-25(26,27)11-9-21)23-18(3)17(2)22(30-31-23)20-6-4-19(14-28)5-7-20;/h4-7,16,21H,8-13,15H2,1-3H3,(H,29,34);1H/t16-;/m0./s1. The van der Waals surface area contributed by atoms with Gasteiger partial charge in [-0.3, -0.25) is 0 Å². The normalized spacial score (nSPS) is 20.1. The topological polar surface area (TPSA) is 85.2 Å². The van der Waals surface area contributed by atoms with E-state index in [1.54, 1.807) is 17.0 Å². The lowest BCUT2D eigenvalue weighted by Crippen LogP contribution is -2.58. The monoisotopic (exact) mass is 504 g/mol. The minimum absolute atomic E-state index is 0. The number of rotatable bonds is 3. The highest BCUT2D eigenvalue weighted by Gasteiger charge is 2.37. The number of nitrogens with one attached hydrogen (secondary N) is 1. The van der Waals surface area contributed by atoms with E-state index in [4.69, 9.17) is 5.26 Å². The van der Waals surface area contributed by atoms with E-state index in [0.717, 1.165) is 28.2 Å². The summed E-state index contributed by atoms with van der Waals surface area (Å²) in [4.78, 5) is 16.7. The summed E-state index contributed by atoms with van der Waals surface area (Å²) in [5.41, 5.74) is 4.35. The van der Waals surface area contributed by atoms with Crippen LogP contribution in [0, 0.1) is 25.2 Å². The third kappa shape index (κ3) is 5.81. The first-order chi connectivity index (χ1) is 16.2. The molecule has 0 bridgehead atoms. The molecule has 1 saturated carbocycles. The maximum Gasteiger partial charge on any atom is 0.317 e. The van der Waals surface area contributed by atoms with Crippen LogP contribution in [0.5, 0.6) is 0 Å². The van der Waals surface area contributed by atoms with Crippen LogP contribution in [0.2, 0.25) is 0 Å². The van der Waals surface area contributed by atoms with Crippen molar-refractivity contribution in [3.05, 3.63) is 41.0 Å². The number of carbonyl (C=O) groups excluding carboxylic acids is 1. The van der Waals surface area contributed by atoms with Gasteiger partial charge in [0.2, 0.25) is 5.92 Å². The predicted octanol–water partition coefficient (Wildman–Crippen LogP) is 4.85. The van der Waals surface area contributed by atoms with Gasteiger partial charge in [0.25, 0.3) is 0 Å². The van der Waals surface area contributed by atoms with Crippen LogP contribution in [0.3, 0.4) is 0 Å². The van der Waals surface area contributed by atoms with Crippen molar-refractivity contribution in [3.8, 4) is 17.3 Å². The number of amides is 2. The third-order valence-corrected chi connectivity index (χ3v) is 7.02. The molecule has 1 N–H and O–H groups in total. The van der Waals surface area contributed by atoms with E-state index in [0.29, 0.717) is 38.0 Å². The van der Waals surface area contributed by atoms with E-state index < -0.39 is 5.92 Å². The Kier molecular flexibility index (Phi) is 8.16. The van der Waals surface area contributed by atoms with Gasteiger partial charge in [-0.2, -0.15) is 5.26 Å². The third-order valence-electron chi connectivity index (χ3n) is 7.02.